The van der Waals surface area contributed by atoms with Crippen LogP contribution in [0.4, 0.5) is 5.69 Å². The molecule has 1 fully saturated rings. The van der Waals surface area contributed by atoms with E-state index >= 15 is 0 Å². The predicted octanol–water partition coefficient (Wildman–Crippen LogP) is 4.07. The minimum Gasteiger partial charge on any atom is -0.465 e. The molecule has 0 aromatic heterocycles. The number of ether oxygens (including phenoxy) is 1. The molecule has 3 aliphatic rings. The van der Waals surface area contributed by atoms with E-state index < -0.39 is 0 Å². The minimum absolute atomic E-state index is 0.0728. The molecule has 1 amide bonds. The Kier molecular flexibility index (Phi) is 4.46. The number of likely N-dealkylation sites (tertiary alicyclic amines) is 1. The van der Waals surface area contributed by atoms with Crippen molar-refractivity contribution in [1.29, 1.82) is 0 Å². The van der Waals surface area contributed by atoms with Crippen LogP contribution in [0.2, 0.25) is 0 Å². The number of benzene rings is 2. The highest BCUT2D eigenvalue weighted by Gasteiger charge is 2.40. The third-order valence-corrected chi connectivity index (χ3v) is 6.60. The lowest BCUT2D eigenvalue weighted by Gasteiger charge is -2.45. The maximum absolute atomic E-state index is 13.4. The lowest BCUT2D eigenvalue weighted by molar-refractivity contribution is 0.0539. The van der Waals surface area contributed by atoms with Crippen LogP contribution in [0.5, 0.6) is 0 Å². The van der Waals surface area contributed by atoms with Crippen molar-refractivity contribution in [3.63, 3.8) is 0 Å². The molecule has 2 aliphatic heterocycles. The van der Waals surface area contributed by atoms with Crippen LogP contribution in [0.25, 0.3) is 0 Å². The molecule has 1 aliphatic carbocycles. The summed E-state index contributed by atoms with van der Waals surface area (Å²) in [6.45, 7) is 0.760. The van der Waals surface area contributed by atoms with Gasteiger partial charge in [0.15, 0.2) is 0 Å². The average molecular weight is 388 g/mol. The van der Waals surface area contributed by atoms with E-state index in [4.69, 9.17) is 4.74 Å². The number of nitrogens with zero attached hydrogens (tertiary/aromatic N) is 2. The monoisotopic (exact) mass is 388 g/mol. The Morgan fingerprint density at radius 1 is 1.14 bits per heavy atom. The molecule has 0 bridgehead atoms. The summed E-state index contributed by atoms with van der Waals surface area (Å²) in [5.41, 5.74) is 5.75. The van der Waals surface area contributed by atoms with Gasteiger partial charge in [-0.1, -0.05) is 18.2 Å². The molecule has 0 N–H and O–H groups in total. The topological polar surface area (TPSA) is 59.0 Å². The van der Waals surface area contributed by atoms with Crippen molar-refractivity contribution in [2.45, 2.75) is 44.1 Å². The van der Waals surface area contributed by atoms with Gasteiger partial charge in [0.2, 0.25) is 0 Å². The highest BCUT2D eigenvalue weighted by atomic mass is 16.5. The Morgan fingerprint density at radius 3 is 2.90 bits per heavy atom. The van der Waals surface area contributed by atoms with Crippen molar-refractivity contribution in [2.75, 3.05) is 13.7 Å². The first kappa shape index (κ1) is 18.1. The SMILES string of the molecule is COC(=O)c1cccc2c1C1CCCN(C(=O)c3ccc4c(c3)N=CC4)[C@H]1CC2. The molecule has 1 saturated heterocycles. The van der Waals surface area contributed by atoms with Gasteiger partial charge in [-0.15, -0.1) is 0 Å². The van der Waals surface area contributed by atoms with Crippen LogP contribution in [0.15, 0.2) is 41.4 Å². The molecule has 2 heterocycles. The summed E-state index contributed by atoms with van der Waals surface area (Å²) in [5, 5.41) is 0. The number of fused-ring (bicyclic) bond motifs is 4. The zero-order valence-corrected chi connectivity index (χ0v) is 16.6. The van der Waals surface area contributed by atoms with Gasteiger partial charge in [-0.05, 0) is 60.6 Å². The Morgan fingerprint density at radius 2 is 2.03 bits per heavy atom. The first-order valence-electron chi connectivity index (χ1n) is 10.3. The lowest BCUT2D eigenvalue weighted by atomic mass is 9.72. The summed E-state index contributed by atoms with van der Waals surface area (Å²) < 4.78 is 5.04. The molecule has 148 valence electrons. The van der Waals surface area contributed by atoms with Gasteiger partial charge in [-0.2, -0.15) is 0 Å². The number of rotatable bonds is 2. The van der Waals surface area contributed by atoms with E-state index in [1.54, 1.807) is 0 Å². The fourth-order valence-electron chi connectivity index (χ4n) is 5.26. The Labute approximate surface area is 170 Å². The smallest absolute Gasteiger partial charge is 0.338 e. The van der Waals surface area contributed by atoms with Crippen LogP contribution >= 0.6 is 0 Å². The van der Waals surface area contributed by atoms with Crippen molar-refractivity contribution in [1.82, 2.24) is 4.90 Å². The molecule has 29 heavy (non-hydrogen) atoms. The van der Waals surface area contributed by atoms with E-state index in [0.29, 0.717) is 11.1 Å². The summed E-state index contributed by atoms with van der Waals surface area (Å²) in [6, 6.07) is 11.9. The zero-order valence-electron chi connectivity index (χ0n) is 16.6. The van der Waals surface area contributed by atoms with E-state index in [-0.39, 0.29) is 23.8 Å². The number of aryl methyl sites for hydroxylation is 1. The highest BCUT2D eigenvalue weighted by Crippen LogP contribution is 2.43. The van der Waals surface area contributed by atoms with Crippen molar-refractivity contribution in [3.8, 4) is 0 Å². The number of carbonyl (C=O) groups is 2. The molecule has 0 saturated carbocycles. The average Bonchev–Trinajstić information content (AvgIpc) is 3.25. The third-order valence-electron chi connectivity index (χ3n) is 6.60. The largest absolute Gasteiger partial charge is 0.465 e. The summed E-state index contributed by atoms with van der Waals surface area (Å²) in [6.07, 6.45) is 6.46. The summed E-state index contributed by atoms with van der Waals surface area (Å²) in [5.74, 6) is -0.0368. The molecule has 5 rings (SSSR count). The first-order valence-corrected chi connectivity index (χ1v) is 10.3. The number of hydrogen-bond donors (Lipinski definition) is 0. The van der Waals surface area contributed by atoms with E-state index in [0.717, 1.165) is 49.9 Å². The van der Waals surface area contributed by atoms with E-state index in [9.17, 15) is 9.59 Å². The zero-order chi connectivity index (χ0) is 20.0. The molecule has 2 aromatic carbocycles. The van der Waals surface area contributed by atoms with Gasteiger partial charge in [-0.25, -0.2) is 4.79 Å². The van der Waals surface area contributed by atoms with E-state index in [1.165, 1.54) is 18.2 Å². The van der Waals surface area contributed by atoms with E-state index in [2.05, 4.69) is 11.1 Å². The van der Waals surface area contributed by atoms with Gasteiger partial charge in [0.05, 0.1) is 18.4 Å². The van der Waals surface area contributed by atoms with Crippen molar-refractivity contribution in [3.05, 3.63) is 64.2 Å². The van der Waals surface area contributed by atoms with Gasteiger partial charge in [-0.3, -0.25) is 9.79 Å². The van der Waals surface area contributed by atoms with Crippen molar-refractivity contribution in [2.24, 2.45) is 4.99 Å². The number of carbonyl (C=O) groups excluding carboxylic acids is 2. The molecule has 0 radical (unpaired) electrons. The van der Waals surface area contributed by atoms with Crippen LogP contribution in [0.3, 0.4) is 0 Å². The third kappa shape index (κ3) is 2.96. The van der Waals surface area contributed by atoms with Gasteiger partial charge < -0.3 is 9.64 Å². The van der Waals surface area contributed by atoms with Crippen LogP contribution in [0, 0.1) is 0 Å². The van der Waals surface area contributed by atoms with Crippen LogP contribution in [0.1, 0.15) is 62.6 Å². The summed E-state index contributed by atoms with van der Waals surface area (Å²) in [4.78, 5) is 32.2. The number of aliphatic imine (C=N–C) groups is 1. The highest BCUT2D eigenvalue weighted by molar-refractivity contribution is 5.96. The number of esters is 1. The fourth-order valence-corrected chi connectivity index (χ4v) is 5.26. The number of methoxy groups -OCH3 is 1. The summed E-state index contributed by atoms with van der Waals surface area (Å²) >= 11 is 0. The Bertz CT molecular complexity index is 1030. The van der Waals surface area contributed by atoms with E-state index in [1.807, 2.05) is 41.4 Å². The van der Waals surface area contributed by atoms with Gasteiger partial charge >= 0.3 is 5.97 Å². The molecular formula is C24H24N2O3. The minimum atomic E-state index is -0.289. The van der Waals surface area contributed by atoms with Crippen LogP contribution in [-0.4, -0.2) is 42.7 Å². The number of piperidine rings is 1. The molecule has 1 unspecified atom stereocenters. The molecule has 2 aromatic rings. The van der Waals surface area contributed by atoms with Crippen molar-refractivity contribution >= 4 is 23.8 Å². The quantitative estimate of drug-likeness (QED) is 0.729. The fraction of sp³-hybridized carbons (Fsp3) is 0.375. The molecule has 2 atom stereocenters. The second-order valence-corrected chi connectivity index (χ2v) is 8.08. The van der Waals surface area contributed by atoms with Crippen LogP contribution in [-0.2, 0) is 17.6 Å². The van der Waals surface area contributed by atoms with Gasteiger partial charge in [0.1, 0.15) is 0 Å². The first-order chi connectivity index (χ1) is 14.2. The maximum atomic E-state index is 13.4. The Balaban J connectivity index is 1.49. The van der Waals surface area contributed by atoms with Crippen molar-refractivity contribution < 1.29 is 14.3 Å². The van der Waals surface area contributed by atoms with Gasteiger partial charge in [0.25, 0.3) is 5.91 Å². The molecular weight excluding hydrogens is 364 g/mol. The molecule has 5 heteroatoms. The maximum Gasteiger partial charge on any atom is 0.338 e. The van der Waals surface area contributed by atoms with Gasteiger partial charge in [0, 0.05) is 36.7 Å². The Hall–Kier alpha value is -2.95. The molecule has 0 spiro atoms. The second-order valence-electron chi connectivity index (χ2n) is 8.08. The van der Waals surface area contributed by atoms with Crippen LogP contribution < -0.4 is 0 Å². The number of amides is 1. The lowest BCUT2D eigenvalue weighted by Crippen LogP contribution is -2.49. The normalized spacial score (nSPS) is 21.9. The summed E-state index contributed by atoms with van der Waals surface area (Å²) in [7, 11) is 1.43. The predicted molar refractivity (Wildman–Crippen MR) is 111 cm³/mol. The standard InChI is InChI=1S/C24H24N2O3/c1-29-24(28)19-5-2-4-16-9-10-21-18(22(16)19)6-3-13-26(21)23(27)17-8-7-15-11-12-25-20(15)14-17/h2,4-5,7-8,12,14,18,21H,3,6,9-11,13H2,1H3/t18?,21-/m0/s1. The number of hydrogen-bond acceptors (Lipinski definition) is 4. The second kappa shape index (κ2) is 7.14. The molecule has 5 nitrogen and oxygen atoms in total.